The number of H-pyrrole nitrogens is 1. The summed E-state index contributed by atoms with van der Waals surface area (Å²) in [6, 6.07) is 8.39. The van der Waals surface area contributed by atoms with E-state index in [9.17, 15) is 18.0 Å². The molecule has 3 N–H and O–H groups in total. The predicted molar refractivity (Wildman–Crippen MR) is 163 cm³/mol. The Morgan fingerprint density at radius 1 is 1.17 bits per heavy atom. The minimum atomic E-state index is -3.83. The number of aryl methyl sites for hydroxylation is 1. The Balaban J connectivity index is 1.51. The van der Waals surface area contributed by atoms with Gasteiger partial charge < -0.3 is 10.2 Å². The van der Waals surface area contributed by atoms with Gasteiger partial charge in [-0.15, -0.1) is 0 Å². The van der Waals surface area contributed by atoms with E-state index in [1.807, 2.05) is 43.0 Å². The van der Waals surface area contributed by atoms with Crippen molar-refractivity contribution in [2.75, 3.05) is 29.6 Å². The molecule has 1 amide bonds. The molecule has 1 aliphatic rings. The normalized spacial score (nSPS) is 15.9. The summed E-state index contributed by atoms with van der Waals surface area (Å²) in [6.45, 7) is 7.39. The third kappa shape index (κ3) is 5.84. The Labute approximate surface area is 248 Å². The molecular weight excluding hydrogens is 580 g/mol. The zero-order valence-corrected chi connectivity index (χ0v) is 25.6. The summed E-state index contributed by atoms with van der Waals surface area (Å²) in [7, 11) is -2.09. The van der Waals surface area contributed by atoms with Crippen LogP contribution in [0.3, 0.4) is 0 Å². The van der Waals surface area contributed by atoms with Crippen LogP contribution in [0.15, 0.2) is 41.3 Å². The number of sulfonamides is 1. The predicted octanol–water partition coefficient (Wildman–Crippen LogP) is 3.43. The number of fused-ring (bicyclic) bond motifs is 1. The molecule has 0 aliphatic carbocycles. The smallest absolute Gasteiger partial charge is 0.285 e. The molecule has 1 atom stereocenters. The van der Waals surface area contributed by atoms with Gasteiger partial charge >= 0.3 is 0 Å². The second kappa shape index (κ2) is 11.0. The van der Waals surface area contributed by atoms with E-state index in [1.54, 1.807) is 17.7 Å². The van der Waals surface area contributed by atoms with Crippen molar-refractivity contribution in [3.8, 4) is 0 Å². The number of piperidine rings is 1. The number of benzene rings is 1. The minimum absolute atomic E-state index is 0.0348. The highest BCUT2D eigenvalue weighted by molar-refractivity contribution is 7.89. The van der Waals surface area contributed by atoms with E-state index >= 15 is 0 Å². The van der Waals surface area contributed by atoms with Crippen molar-refractivity contribution in [1.82, 2.24) is 29.5 Å². The van der Waals surface area contributed by atoms with Crippen LogP contribution in [0.4, 0.5) is 11.6 Å². The topological polar surface area (TPSA) is 155 Å². The number of pyridine rings is 1. The van der Waals surface area contributed by atoms with Crippen LogP contribution in [0.25, 0.3) is 10.9 Å². The molecule has 12 nitrogen and oxygen atoms in total. The molecule has 3 aromatic heterocycles. The largest absolute Gasteiger partial charge is 0.377 e. The van der Waals surface area contributed by atoms with Gasteiger partial charge in [0, 0.05) is 37.3 Å². The first-order valence-corrected chi connectivity index (χ1v) is 15.7. The van der Waals surface area contributed by atoms with E-state index in [0.717, 1.165) is 35.9 Å². The summed E-state index contributed by atoms with van der Waals surface area (Å²) in [5.41, 5.74) is 3.07. The standard InChI is InChI=1S/C28H33ClN8O4S/c1-16-14-18(17(2)31-20-6-7-22(29)32-24(20)25(38)35-42(5,40)41)23-19(15-16)26(39)36(4)27(33-23)37-12-9-28(3,10-13-37)21-8-11-30-34-21/h6-8,11,14-15,17,31H,9-10,12-13H2,1-5H3,(H,30,34)(H,35,38)/t17-/m1/s1. The number of rotatable bonds is 7. The summed E-state index contributed by atoms with van der Waals surface area (Å²) in [5.74, 6) is -0.333. The van der Waals surface area contributed by atoms with E-state index < -0.39 is 22.0 Å². The molecule has 1 aliphatic heterocycles. The number of hydrogen-bond donors (Lipinski definition) is 3. The summed E-state index contributed by atoms with van der Waals surface area (Å²) < 4.78 is 26.9. The fourth-order valence-electron chi connectivity index (χ4n) is 5.46. The van der Waals surface area contributed by atoms with Crippen molar-refractivity contribution < 1.29 is 13.2 Å². The van der Waals surface area contributed by atoms with Crippen LogP contribution in [0.1, 0.15) is 60.0 Å². The average molecular weight is 613 g/mol. The molecule has 42 heavy (non-hydrogen) atoms. The molecule has 5 rings (SSSR count). The van der Waals surface area contributed by atoms with Crippen LogP contribution in [-0.4, -0.2) is 58.4 Å². The molecule has 1 fully saturated rings. The Bertz CT molecular complexity index is 1830. The zero-order chi connectivity index (χ0) is 30.4. The number of nitrogens with one attached hydrogen (secondary N) is 3. The summed E-state index contributed by atoms with van der Waals surface area (Å²) >= 11 is 6.03. The maximum absolute atomic E-state index is 13.6. The first-order valence-electron chi connectivity index (χ1n) is 13.5. The molecule has 14 heteroatoms. The van der Waals surface area contributed by atoms with Crippen LogP contribution in [-0.2, 0) is 22.5 Å². The average Bonchev–Trinajstić information content (AvgIpc) is 3.47. The van der Waals surface area contributed by atoms with Gasteiger partial charge in [-0.25, -0.2) is 23.1 Å². The number of anilines is 2. The van der Waals surface area contributed by atoms with Gasteiger partial charge in [0.25, 0.3) is 11.5 Å². The van der Waals surface area contributed by atoms with Crippen LogP contribution in [0, 0.1) is 6.92 Å². The quantitative estimate of drug-likeness (QED) is 0.266. The third-order valence-corrected chi connectivity index (χ3v) is 8.56. The van der Waals surface area contributed by atoms with Crippen LogP contribution in [0.2, 0.25) is 5.15 Å². The number of nitrogens with zero attached hydrogens (tertiary/aromatic N) is 5. The highest BCUT2D eigenvalue weighted by Gasteiger charge is 2.34. The van der Waals surface area contributed by atoms with Crippen molar-refractivity contribution in [3.05, 3.63) is 74.6 Å². The number of carbonyl (C=O) groups is 1. The van der Waals surface area contributed by atoms with Crippen molar-refractivity contribution in [2.45, 2.75) is 45.1 Å². The number of carbonyl (C=O) groups excluding carboxylic acids is 1. The Morgan fingerprint density at radius 3 is 2.52 bits per heavy atom. The maximum Gasteiger partial charge on any atom is 0.285 e. The molecule has 4 heterocycles. The lowest BCUT2D eigenvalue weighted by Gasteiger charge is -2.39. The van der Waals surface area contributed by atoms with Gasteiger partial charge in [0.2, 0.25) is 16.0 Å². The minimum Gasteiger partial charge on any atom is -0.377 e. The first-order chi connectivity index (χ1) is 19.8. The first kappa shape index (κ1) is 29.5. The molecule has 0 bridgehead atoms. The number of aromatic amines is 1. The van der Waals surface area contributed by atoms with Gasteiger partial charge in [-0.1, -0.05) is 24.6 Å². The summed E-state index contributed by atoms with van der Waals surface area (Å²) in [6.07, 6.45) is 4.42. The van der Waals surface area contributed by atoms with Gasteiger partial charge in [-0.3, -0.25) is 19.3 Å². The Morgan fingerprint density at radius 2 is 1.88 bits per heavy atom. The molecule has 1 saturated heterocycles. The molecule has 0 radical (unpaired) electrons. The molecular formula is C28H33ClN8O4S. The molecule has 222 valence electrons. The highest BCUT2D eigenvalue weighted by Crippen LogP contribution is 2.35. The number of halogens is 1. The molecule has 1 aromatic carbocycles. The van der Waals surface area contributed by atoms with E-state index in [2.05, 4.69) is 32.3 Å². The van der Waals surface area contributed by atoms with E-state index in [4.69, 9.17) is 16.6 Å². The lowest BCUT2D eigenvalue weighted by molar-refractivity contribution is 0.0977. The lowest BCUT2D eigenvalue weighted by Crippen LogP contribution is -2.43. The number of amides is 1. The fourth-order valence-corrected chi connectivity index (χ4v) is 6.04. The second-order valence-corrected chi connectivity index (χ2v) is 13.3. The van der Waals surface area contributed by atoms with Crippen LogP contribution < -0.4 is 20.5 Å². The van der Waals surface area contributed by atoms with Gasteiger partial charge in [0.1, 0.15) is 5.15 Å². The molecule has 0 saturated carbocycles. The van der Waals surface area contributed by atoms with Gasteiger partial charge in [0.05, 0.1) is 34.6 Å². The maximum atomic E-state index is 13.6. The van der Waals surface area contributed by atoms with Gasteiger partial charge in [-0.2, -0.15) is 5.10 Å². The van der Waals surface area contributed by atoms with Crippen molar-refractivity contribution in [3.63, 3.8) is 0 Å². The van der Waals surface area contributed by atoms with E-state index in [0.29, 0.717) is 29.9 Å². The Kier molecular flexibility index (Phi) is 7.75. The molecule has 0 unspecified atom stereocenters. The van der Waals surface area contributed by atoms with Gasteiger partial charge in [0.15, 0.2) is 5.69 Å². The summed E-state index contributed by atoms with van der Waals surface area (Å²) in [5, 5.41) is 11.1. The van der Waals surface area contributed by atoms with Crippen molar-refractivity contribution in [1.29, 1.82) is 0 Å². The van der Waals surface area contributed by atoms with Gasteiger partial charge in [-0.05, 0) is 56.5 Å². The number of aromatic nitrogens is 5. The lowest BCUT2D eigenvalue weighted by atomic mass is 9.78. The third-order valence-electron chi connectivity index (χ3n) is 7.79. The fraction of sp³-hybridized carbons (Fsp3) is 0.393. The zero-order valence-electron chi connectivity index (χ0n) is 24.0. The molecule has 4 aromatic rings. The van der Waals surface area contributed by atoms with Crippen LogP contribution in [0.5, 0.6) is 0 Å². The summed E-state index contributed by atoms with van der Waals surface area (Å²) in [4.78, 5) is 37.6. The van der Waals surface area contributed by atoms with Crippen LogP contribution >= 0.6 is 11.6 Å². The van der Waals surface area contributed by atoms with E-state index in [1.165, 1.54) is 6.07 Å². The number of hydrogen-bond acceptors (Lipinski definition) is 9. The monoisotopic (exact) mass is 612 g/mol. The second-order valence-electron chi connectivity index (χ2n) is 11.1. The SMILES string of the molecule is Cc1cc([C@@H](C)Nc2ccc(Cl)nc2C(=O)NS(C)(=O)=O)c2nc(N3CCC(C)(c4cc[nH]n4)CC3)n(C)c(=O)c2c1. The Hall–Kier alpha value is -3.97. The highest BCUT2D eigenvalue weighted by atomic mass is 35.5. The van der Waals surface area contributed by atoms with E-state index in [-0.39, 0.29) is 27.5 Å². The van der Waals surface area contributed by atoms with Crippen molar-refractivity contribution >= 4 is 50.1 Å². The molecule has 0 spiro atoms. The van der Waals surface area contributed by atoms with Crippen molar-refractivity contribution in [2.24, 2.45) is 7.05 Å².